The van der Waals surface area contributed by atoms with Gasteiger partial charge in [-0.15, -0.1) is 0 Å². The standard InChI is InChI=1S/C13H15N5O.C6H6O/c19-13-17-11(10-8-14-6-7-15-10)4-5-12(17)16-18(13)9-2-1-3-9;7-6-4-2-1-3-5-6/h6-9,11H,1-5H2;1-5,7H. The average Bonchev–Trinajstić information content (AvgIpc) is 3.17. The molecular weight excluding hydrogens is 330 g/mol. The first-order valence-corrected chi connectivity index (χ1v) is 8.94. The number of aryl methyl sites for hydroxylation is 1. The van der Waals surface area contributed by atoms with Gasteiger partial charge in [0, 0.05) is 18.8 Å². The zero-order chi connectivity index (χ0) is 17.9. The van der Waals surface area contributed by atoms with Crippen LogP contribution in [0.25, 0.3) is 0 Å². The molecule has 1 unspecified atom stereocenters. The van der Waals surface area contributed by atoms with E-state index in [0.717, 1.165) is 37.2 Å². The highest BCUT2D eigenvalue weighted by atomic mass is 16.3. The third-order valence-electron chi connectivity index (χ3n) is 4.96. The molecule has 1 aliphatic carbocycles. The molecule has 26 heavy (non-hydrogen) atoms. The molecule has 1 N–H and O–H groups in total. The summed E-state index contributed by atoms with van der Waals surface area (Å²) >= 11 is 0. The Labute approximate surface area is 151 Å². The minimum absolute atomic E-state index is 0.00465. The summed E-state index contributed by atoms with van der Waals surface area (Å²) in [6, 6.07) is 9.03. The van der Waals surface area contributed by atoms with Crippen LogP contribution in [0, 0.1) is 0 Å². The van der Waals surface area contributed by atoms with Crippen molar-refractivity contribution in [2.45, 2.75) is 44.2 Å². The van der Waals surface area contributed by atoms with Crippen molar-refractivity contribution >= 4 is 0 Å². The fourth-order valence-corrected chi connectivity index (χ4v) is 3.37. The Morgan fingerprint density at radius 2 is 1.88 bits per heavy atom. The fraction of sp³-hybridized carbons (Fsp3) is 0.368. The number of hydrogen-bond acceptors (Lipinski definition) is 5. The van der Waals surface area contributed by atoms with Gasteiger partial charge in [-0.25, -0.2) is 9.48 Å². The summed E-state index contributed by atoms with van der Waals surface area (Å²) in [7, 11) is 0. The number of hydrogen-bond donors (Lipinski definition) is 1. The number of phenolic OH excluding ortho intramolecular Hbond substituents is 1. The summed E-state index contributed by atoms with van der Waals surface area (Å²) in [5.41, 5.74) is 0.879. The number of para-hydroxylation sites is 1. The molecule has 3 heterocycles. The monoisotopic (exact) mass is 351 g/mol. The van der Waals surface area contributed by atoms with Gasteiger partial charge in [-0.2, -0.15) is 5.10 Å². The maximum absolute atomic E-state index is 12.5. The van der Waals surface area contributed by atoms with Gasteiger partial charge >= 0.3 is 5.69 Å². The molecule has 7 nitrogen and oxygen atoms in total. The summed E-state index contributed by atoms with van der Waals surface area (Å²) in [6.45, 7) is 0. The molecule has 1 aliphatic heterocycles. The smallest absolute Gasteiger partial charge is 0.346 e. The first-order chi connectivity index (χ1) is 12.7. The molecule has 2 aliphatic rings. The maximum atomic E-state index is 12.5. The van der Waals surface area contributed by atoms with Gasteiger partial charge in [0.05, 0.1) is 24.0 Å². The predicted molar refractivity (Wildman–Crippen MR) is 96.0 cm³/mol. The molecule has 7 heteroatoms. The van der Waals surface area contributed by atoms with E-state index in [1.807, 2.05) is 10.6 Å². The first-order valence-electron chi connectivity index (χ1n) is 8.94. The second kappa shape index (κ2) is 7.11. The van der Waals surface area contributed by atoms with Crippen molar-refractivity contribution in [1.29, 1.82) is 0 Å². The van der Waals surface area contributed by atoms with Crippen molar-refractivity contribution in [2.75, 3.05) is 0 Å². The van der Waals surface area contributed by atoms with Crippen LogP contribution >= 0.6 is 0 Å². The number of nitrogens with zero attached hydrogens (tertiary/aromatic N) is 5. The Hall–Kier alpha value is -2.96. The molecule has 0 bridgehead atoms. The third-order valence-corrected chi connectivity index (χ3v) is 4.96. The van der Waals surface area contributed by atoms with Gasteiger partial charge in [-0.05, 0) is 37.8 Å². The van der Waals surface area contributed by atoms with Gasteiger partial charge in [0.1, 0.15) is 11.6 Å². The van der Waals surface area contributed by atoms with Gasteiger partial charge < -0.3 is 5.11 Å². The lowest BCUT2D eigenvalue weighted by Crippen LogP contribution is -2.32. The molecule has 1 aromatic carbocycles. The maximum Gasteiger partial charge on any atom is 0.346 e. The van der Waals surface area contributed by atoms with Crippen LogP contribution in [-0.2, 0) is 6.42 Å². The van der Waals surface area contributed by atoms with E-state index in [0.29, 0.717) is 11.8 Å². The molecule has 0 amide bonds. The largest absolute Gasteiger partial charge is 0.508 e. The van der Waals surface area contributed by atoms with Gasteiger partial charge in [0.2, 0.25) is 0 Å². The minimum Gasteiger partial charge on any atom is -0.508 e. The van der Waals surface area contributed by atoms with E-state index in [4.69, 9.17) is 5.11 Å². The topological polar surface area (TPSA) is 85.8 Å². The van der Waals surface area contributed by atoms with Crippen LogP contribution in [0.3, 0.4) is 0 Å². The van der Waals surface area contributed by atoms with Crippen LogP contribution in [0.2, 0.25) is 0 Å². The van der Waals surface area contributed by atoms with E-state index in [1.54, 1.807) is 47.5 Å². The zero-order valence-corrected chi connectivity index (χ0v) is 14.4. The van der Waals surface area contributed by atoms with Crippen LogP contribution in [0.1, 0.15) is 49.3 Å². The molecule has 5 rings (SSSR count). The normalized spacial score (nSPS) is 18.5. The molecule has 1 atom stereocenters. The third kappa shape index (κ3) is 3.12. The number of aromatic hydroxyl groups is 1. The average molecular weight is 351 g/mol. The SMILES string of the molecule is O=c1n(C2CCC2)nc2n1C(c1cnccn1)CC2.Oc1ccccc1. The molecule has 3 aromatic rings. The van der Waals surface area contributed by atoms with Gasteiger partial charge in [0.15, 0.2) is 0 Å². The van der Waals surface area contributed by atoms with E-state index in [1.165, 1.54) is 6.42 Å². The quantitative estimate of drug-likeness (QED) is 0.767. The fourth-order valence-electron chi connectivity index (χ4n) is 3.37. The lowest BCUT2D eigenvalue weighted by Gasteiger charge is -2.24. The van der Waals surface area contributed by atoms with Crippen molar-refractivity contribution in [3.8, 4) is 5.75 Å². The number of fused-ring (bicyclic) bond motifs is 1. The number of benzene rings is 1. The van der Waals surface area contributed by atoms with Gasteiger partial charge in [-0.1, -0.05) is 18.2 Å². The van der Waals surface area contributed by atoms with E-state index in [9.17, 15) is 4.79 Å². The van der Waals surface area contributed by atoms with E-state index in [2.05, 4.69) is 15.1 Å². The van der Waals surface area contributed by atoms with Crippen LogP contribution in [-0.4, -0.2) is 29.4 Å². The van der Waals surface area contributed by atoms with Crippen molar-refractivity contribution in [3.05, 3.63) is 70.9 Å². The minimum atomic E-state index is 0.00465. The Morgan fingerprint density at radius 3 is 2.46 bits per heavy atom. The Morgan fingerprint density at radius 1 is 1.08 bits per heavy atom. The molecular formula is C19H21N5O2. The molecule has 2 aromatic heterocycles. The number of phenols is 1. The molecule has 0 radical (unpaired) electrons. The molecule has 0 spiro atoms. The summed E-state index contributed by atoms with van der Waals surface area (Å²) in [5, 5.41) is 13.1. The first kappa shape index (κ1) is 16.5. The van der Waals surface area contributed by atoms with Crippen LogP contribution < -0.4 is 5.69 Å². The van der Waals surface area contributed by atoms with Crippen molar-refractivity contribution in [3.63, 3.8) is 0 Å². The second-order valence-corrected chi connectivity index (χ2v) is 6.62. The van der Waals surface area contributed by atoms with Gasteiger partial charge in [0.25, 0.3) is 0 Å². The summed E-state index contributed by atoms with van der Waals surface area (Å²) in [5.74, 6) is 1.22. The van der Waals surface area contributed by atoms with E-state index >= 15 is 0 Å². The predicted octanol–water partition coefficient (Wildman–Crippen LogP) is 2.49. The zero-order valence-electron chi connectivity index (χ0n) is 14.4. The lowest BCUT2D eigenvalue weighted by atomic mass is 9.93. The lowest BCUT2D eigenvalue weighted by molar-refractivity contribution is 0.277. The number of rotatable bonds is 2. The second-order valence-electron chi connectivity index (χ2n) is 6.62. The summed E-state index contributed by atoms with van der Waals surface area (Å²) < 4.78 is 3.49. The Bertz CT molecular complexity index is 916. The molecule has 1 saturated carbocycles. The summed E-state index contributed by atoms with van der Waals surface area (Å²) in [4.78, 5) is 20.9. The number of aromatic nitrogens is 5. The van der Waals surface area contributed by atoms with Crippen LogP contribution in [0.5, 0.6) is 5.75 Å². The molecule has 1 fully saturated rings. The highest BCUT2D eigenvalue weighted by molar-refractivity contribution is 5.18. The Balaban J connectivity index is 0.000000204. The van der Waals surface area contributed by atoms with Crippen molar-refractivity contribution in [1.82, 2.24) is 24.3 Å². The van der Waals surface area contributed by atoms with Crippen molar-refractivity contribution < 1.29 is 5.11 Å². The summed E-state index contributed by atoms with van der Waals surface area (Å²) in [6.07, 6.45) is 10.2. The molecule has 0 saturated heterocycles. The molecule has 134 valence electrons. The Kier molecular flexibility index (Phi) is 4.51. The van der Waals surface area contributed by atoms with E-state index < -0.39 is 0 Å². The van der Waals surface area contributed by atoms with Gasteiger partial charge in [-0.3, -0.25) is 14.5 Å². The van der Waals surface area contributed by atoms with Crippen molar-refractivity contribution in [2.24, 2.45) is 0 Å². The highest BCUT2D eigenvalue weighted by Gasteiger charge is 2.32. The van der Waals surface area contributed by atoms with Crippen LogP contribution in [0.4, 0.5) is 0 Å². The van der Waals surface area contributed by atoms with E-state index in [-0.39, 0.29) is 11.7 Å². The van der Waals surface area contributed by atoms with Crippen LogP contribution in [0.15, 0.2) is 53.7 Å². The highest BCUT2D eigenvalue weighted by Crippen LogP contribution is 2.32.